The third-order valence-electron chi connectivity index (χ3n) is 6.39. The van der Waals surface area contributed by atoms with E-state index in [1.165, 1.54) is 4.90 Å². The maximum atomic E-state index is 13.2. The first-order valence-corrected chi connectivity index (χ1v) is 10.8. The lowest BCUT2D eigenvalue weighted by Crippen LogP contribution is -2.63. The summed E-state index contributed by atoms with van der Waals surface area (Å²) in [6, 6.07) is 13.9. The molecule has 164 valence electrons. The molecule has 0 spiro atoms. The summed E-state index contributed by atoms with van der Waals surface area (Å²) in [5.41, 5.74) is 1.20. The fourth-order valence-corrected chi connectivity index (χ4v) is 4.49. The second-order valence-electron chi connectivity index (χ2n) is 8.73. The van der Waals surface area contributed by atoms with Gasteiger partial charge in [0.15, 0.2) is 0 Å². The van der Waals surface area contributed by atoms with Crippen molar-refractivity contribution in [1.82, 2.24) is 10.2 Å². The first-order valence-electron chi connectivity index (χ1n) is 10.8. The van der Waals surface area contributed by atoms with Crippen LogP contribution in [0.1, 0.15) is 53.3 Å². The van der Waals surface area contributed by atoms with Gasteiger partial charge in [-0.2, -0.15) is 0 Å². The van der Waals surface area contributed by atoms with Gasteiger partial charge in [-0.15, -0.1) is 0 Å². The minimum Gasteiger partial charge on any atom is -0.349 e. The summed E-state index contributed by atoms with van der Waals surface area (Å²) < 4.78 is 0. The van der Waals surface area contributed by atoms with E-state index in [4.69, 9.17) is 0 Å². The molecule has 0 bridgehead atoms. The molecule has 32 heavy (non-hydrogen) atoms. The van der Waals surface area contributed by atoms with Crippen LogP contribution in [0.4, 0.5) is 11.4 Å². The van der Waals surface area contributed by atoms with Crippen molar-refractivity contribution >= 4 is 35.0 Å². The molecule has 0 radical (unpaired) electrons. The third kappa shape index (κ3) is 3.41. The van der Waals surface area contributed by atoms with E-state index < -0.39 is 5.66 Å². The minimum atomic E-state index is -0.884. The van der Waals surface area contributed by atoms with E-state index in [0.29, 0.717) is 35.3 Å². The minimum absolute atomic E-state index is 0.0575. The van der Waals surface area contributed by atoms with Gasteiger partial charge in [-0.05, 0) is 62.6 Å². The van der Waals surface area contributed by atoms with E-state index in [-0.39, 0.29) is 36.2 Å². The zero-order chi connectivity index (χ0) is 22.5. The summed E-state index contributed by atoms with van der Waals surface area (Å²) >= 11 is 0. The Hall–Kier alpha value is -3.68. The molecule has 0 unspecified atom stereocenters. The molecule has 2 fully saturated rings. The normalized spacial score (nSPS) is 21.8. The van der Waals surface area contributed by atoms with Gasteiger partial charge in [-0.1, -0.05) is 12.1 Å². The van der Waals surface area contributed by atoms with Crippen LogP contribution in [0.15, 0.2) is 48.5 Å². The average Bonchev–Trinajstić information content (AvgIpc) is 3.54. The largest absolute Gasteiger partial charge is 0.349 e. The number of para-hydroxylation sites is 1. The van der Waals surface area contributed by atoms with Crippen molar-refractivity contribution in [2.75, 3.05) is 16.8 Å². The van der Waals surface area contributed by atoms with Crippen molar-refractivity contribution in [1.29, 1.82) is 0 Å². The molecule has 2 aliphatic heterocycles. The van der Waals surface area contributed by atoms with E-state index >= 15 is 0 Å². The summed E-state index contributed by atoms with van der Waals surface area (Å²) in [4.78, 5) is 53.9. The Bertz CT molecular complexity index is 1130. The van der Waals surface area contributed by atoms with E-state index in [1.807, 2.05) is 6.92 Å². The average molecular weight is 432 g/mol. The van der Waals surface area contributed by atoms with Crippen molar-refractivity contribution in [3.8, 4) is 0 Å². The highest BCUT2D eigenvalue weighted by Crippen LogP contribution is 2.43. The molecule has 2 aromatic rings. The molecule has 1 saturated carbocycles. The van der Waals surface area contributed by atoms with Crippen LogP contribution in [0.2, 0.25) is 0 Å². The number of carbonyl (C=O) groups is 4. The fraction of sp³-hybridized carbons (Fsp3) is 0.333. The predicted molar refractivity (Wildman–Crippen MR) is 118 cm³/mol. The lowest BCUT2D eigenvalue weighted by Gasteiger charge is -2.48. The number of amides is 4. The Kier molecular flexibility index (Phi) is 4.73. The van der Waals surface area contributed by atoms with Gasteiger partial charge in [-0.25, -0.2) is 0 Å². The Labute approximate surface area is 185 Å². The van der Waals surface area contributed by atoms with E-state index in [9.17, 15) is 19.2 Å². The van der Waals surface area contributed by atoms with Crippen LogP contribution in [0.3, 0.4) is 0 Å². The summed E-state index contributed by atoms with van der Waals surface area (Å²) in [6.45, 7) is 1.64. The Morgan fingerprint density at radius 1 is 1.06 bits per heavy atom. The van der Waals surface area contributed by atoms with Crippen LogP contribution >= 0.6 is 0 Å². The molecule has 2 heterocycles. The highest BCUT2D eigenvalue weighted by atomic mass is 16.2. The molecule has 1 atom stereocenters. The summed E-state index contributed by atoms with van der Waals surface area (Å²) in [5.74, 6) is -0.815. The van der Waals surface area contributed by atoms with Crippen LogP contribution in [-0.2, 0) is 9.59 Å². The molecule has 8 heteroatoms. The lowest BCUT2D eigenvalue weighted by molar-refractivity contribution is -0.120. The maximum Gasteiger partial charge on any atom is 0.258 e. The Morgan fingerprint density at radius 3 is 2.50 bits per heavy atom. The number of anilines is 2. The molecule has 8 nitrogen and oxygen atoms in total. The van der Waals surface area contributed by atoms with Crippen LogP contribution in [0.25, 0.3) is 0 Å². The smallest absolute Gasteiger partial charge is 0.258 e. The van der Waals surface area contributed by atoms with Crippen LogP contribution in [-0.4, -0.2) is 46.8 Å². The van der Waals surface area contributed by atoms with Gasteiger partial charge in [0.1, 0.15) is 12.2 Å². The summed E-state index contributed by atoms with van der Waals surface area (Å²) in [7, 11) is 0. The number of rotatable bonds is 5. The molecule has 1 aliphatic carbocycles. The van der Waals surface area contributed by atoms with Gasteiger partial charge >= 0.3 is 0 Å². The van der Waals surface area contributed by atoms with Gasteiger partial charge in [0, 0.05) is 23.7 Å². The van der Waals surface area contributed by atoms with Crippen molar-refractivity contribution in [2.45, 2.75) is 44.3 Å². The molecule has 0 aromatic heterocycles. The topological polar surface area (TPSA) is 98.8 Å². The zero-order valence-corrected chi connectivity index (χ0v) is 17.8. The van der Waals surface area contributed by atoms with E-state index in [2.05, 4.69) is 10.6 Å². The van der Waals surface area contributed by atoms with Gasteiger partial charge in [-0.3, -0.25) is 24.1 Å². The number of hydrogen-bond donors (Lipinski definition) is 2. The van der Waals surface area contributed by atoms with Gasteiger partial charge in [0.2, 0.25) is 11.8 Å². The fourth-order valence-electron chi connectivity index (χ4n) is 4.49. The number of benzene rings is 2. The van der Waals surface area contributed by atoms with Crippen LogP contribution in [0, 0.1) is 0 Å². The predicted octanol–water partition coefficient (Wildman–Crippen LogP) is 2.52. The number of carbonyl (C=O) groups excluding carboxylic acids is 4. The van der Waals surface area contributed by atoms with Gasteiger partial charge in [0.05, 0.1) is 11.3 Å². The highest BCUT2D eigenvalue weighted by molar-refractivity contribution is 6.11. The number of fused-ring (bicyclic) bond motifs is 3. The second-order valence-corrected chi connectivity index (χ2v) is 8.73. The first kappa shape index (κ1) is 20.2. The van der Waals surface area contributed by atoms with E-state index in [0.717, 1.165) is 12.8 Å². The molecular weight excluding hydrogens is 408 g/mol. The second kappa shape index (κ2) is 7.47. The highest BCUT2D eigenvalue weighted by Gasteiger charge is 2.53. The van der Waals surface area contributed by atoms with Gasteiger partial charge < -0.3 is 15.5 Å². The summed E-state index contributed by atoms with van der Waals surface area (Å²) in [5, 5.41) is 5.72. The molecule has 2 aromatic carbocycles. The molecule has 3 aliphatic rings. The summed E-state index contributed by atoms with van der Waals surface area (Å²) in [6.07, 6.45) is 2.81. The quantitative estimate of drug-likeness (QED) is 0.759. The molecular formula is C24H24N4O4. The Morgan fingerprint density at radius 2 is 1.78 bits per heavy atom. The monoisotopic (exact) mass is 432 g/mol. The molecule has 5 rings (SSSR count). The lowest BCUT2D eigenvalue weighted by atomic mass is 9.98. The van der Waals surface area contributed by atoms with Crippen molar-refractivity contribution < 1.29 is 19.2 Å². The molecule has 1 saturated heterocycles. The van der Waals surface area contributed by atoms with Crippen molar-refractivity contribution in [3.05, 3.63) is 59.7 Å². The molecule has 2 N–H and O–H groups in total. The SMILES string of the molecule is C[C@]12CCC(=O)N1c1ccccc1C(=O)N2CC(=O)Nc1ccc(C(=O)NC2CC2)cc1. The maximum absolute atomic E-state index is 13.2. The van der Waals surface area contributed by atoms with Crippen LogP contribution < -0.4 is 15.5 Å². The van der Waals surface area contributed by atoms with Crippen LogP contribution in [0.5, 0.6) is 0 Å². The number of nitrogens with zero attached hydrogens (tertiary/aromatic N) is 2. The van der Waals surface area contributed by atoms with Crippen molar-refractivity contribution in [2.24, 2.45) is 0 Å². The van der Waals surface area contributed by atoms with Gasteiger partial charge in [0.25, 0.3) is 11.8 Å². The van der Waals surface area contributed by atoms with Crippen molar-refractivity contribution in [3.63, 3.8) is 0 Å². The van der Waals surface area contributed by atoms with E-state index in [1.54, 1.807) is 53.4 Å². The molecule has 4 amide bonds. The number of hydrogen-bond acceptors (Lipinski definition) is 4. The third-order valence-corrected chi connectivity index (χ3v) is 6.39. The number of nitrogens with one attached hydrogen (secondary N) is 2. The zero-order valence-electron chi connectivity index (χ0n) is 17.8. The first-order chi connectivity index (χ1) is 15.4. The standard InChI is InChI=1S/C24H24N4O4/c1-24-13-12-21(30)28(24)19-5-3-2-4-18(19)23(32)27(24)14-20(29)25-16-8-6-15(7-9-16)22(31)26-17-10-11-17/h2-9,17H,10-14H2,1H3,(H,25,29)(H,26,31)/t24-/m1/s1. The Balaban J connectivity index is 1.32.